The lowest BCUT2D eigenvalue weighted by atomic mass is 10.1. The van der Waals surface area contributed by atoms with Gasteiger partial charge < -0.3 is 5.32 Å². The van der Waals surface area contributed by atoms with Crippen molar-refractivity contribution >= 4 is 21.8 Å². The molecule has 1 aromatic rings. The maximum absolute atomic E-state index is 11.6. The van der Waals surface area contributed by atoms with Crippen molar-refractivity contribution in [3.8, 4) is 0 Å². The number of aryl methyl sites for hydroxylation is 1. The summed E-state index contributed by atoms with van der Waals surface area (Å²) in [6.45, 7) is 1.73. The Labute approximate surface area is 114 Å². The molecule has 0 aliphatic heterocycles. The summed E-state index contributed by atoms with van der Waals surface area (Å²) in [5, 5.41) is 2.64. The Kier molecular flexibility index (Phi) is 5.46. The SMILES string of the molecule is CCc1cccc(NC(=O)CNS(=O)(=O)N(C)C)c1. The van der Waals surface area contributed by atoms with E-state index in [2.05, 4.69) is 10.0 Å². The molecule has 1 amide bonds. The van der Waals surface area contributed by atoms with Gasteiger partial charge in [-0.2, -0.15) is 17.4 Å². The summed E-state index contributed by atoms with van der Waals surface area (Å²) in [6.07, 6.45) is 0.872. The molecule has 0 aliphatic carbocycles. The zero-order valence-corrected chi connectivity index (χ0v) is 12.1. The smallest absolute Gasteiger partial charge is 0.279 e. The van der Waals surface area contributed by atoms with Crippen LogP contribution < -0.4 is 10.0 Å². The summed E-state index contributed by atoms with van der Waals surface area (Å²) in [5.74, 6) is -0.404. The minimum Gasteiger partial charge on any atom is -0.325 e. The average Bonchev–Trinajstić information content (AvgIpc) is 2.36. The first-order valence-corrected chi connectivity index (χ1v) is 7.35. The zero-order chi connectivity index (χ0) is 14.5. The second kappa shape index (κ2) is 6.65. The van der Waals surface area contributed by atoms with E-state index in [1.165, 1.54) is 14.1 Å². The van der Waals surface area contributed by atoms with Crippen molar-refractivity contribution in [2.75, 3.05) is 26.0 Å². The molecule has 0 bridgehead atoms. The summed E-state index contributed by atoms with van der Waals surface area (Å²) in [6, 6.07) is 7.43. The summed E-state index contributed by atoms with van der Waals surface area (Å²) >= 11 is 0. The fourth-order valence-corrected chi connectivity index (χ4v) is 1.93. The first-order chi connectivity index (χ1) is 8.85. The molecule has 0 heterocycles. The first-order valence-electron chi connectivity index (χ1n) is 5.91. The van der Waals surface area contributed by atoms with Crippen LogP contribution in [0.1, 0.15) is 12.5 Å². The van der Waals surface area contributed by atoms with Gasteiger partial charge in [0.2, 0.25) is 5.91 Å². The third-order valence-electron chi connectivity index (χ3n) is 2.51. The van der Waals surface area contributed by atoms with E-state index in [1.807, 2.05) is 25.1 Å². The van der Waals surface area contributed by atoms with Gasteiger partial charge in [0, 0.05) is 19.8 Å². The molecule has 2 N–H and O–H groups in total. The number of rotatable bonds is 6. The van der Waals surface area contributed by atoms with Gasteiger partial charge in [-0.3, -0.25) is 4.79 Å². The molecular formula is C12H19N3O3S. The second-order valence-electron chi connectivity index (χ2n) is 4.21. The van der Waals surface area contributed by atoms with Gasteiger partial charge in [-0.15, -0.1) is 0 Å². The topological polar surface area (TPSA) is 78.5 Å². The van der Waals surface area contributed by atoms with Crippen LogP contribution in [0, 0.1) is 0 Å². The lowest BCUT2D eigenvalue weighted by Crippen LogP contribution is -2.40. The zero-order valence-electron chi connectivity index (χ0n) is 11.3. The Morgan fingerprint density at radius 2 is 2.00 bits per heavy atom. The minimum absolute atomic E-state index is 0.295. The molecule has 6 nitrogen and oxygen atoms in total. The van der Waals surface area contributed by atoms with Gasteiger partial charge in [0.15, 0.2) is 0 Å². The van der Waals surface area contributed by atoms with Crippen LogP contribution in [0.3, 0.4) is 0 Å². The lowest BCUT2D eigenvalue weighted by molar-refractivity contribution is -0.115. The molecule has 0 unspecified atom stereocenters. The molecule has 0 fully saturated rings. The van der Waals surface area contributed by atoms with Gasteiger partial charge in [0.05, 0.1) is 6.54 Å². The van der Waals surface area contributed by atoms with E-state index in [0.29, 0.717) is 5.69 Å². The summed E-state index contributed by atoms with van der Waals surface area (Å²) in [5.41, 5.74) is 1.76. The van der Waals surface area contributed by atoms with Crippen molar-refractivity contribution in [1.29, 1.82) is 0 Å². The molecule has 1 aromatic carbocycles. The van der Waals surface area contributed by atoms with Gasteiger partial charge in [-0.25, -0.2) is 0 Å². The Morgan fingerprint density at radius 3 is 2.58 bits per heavy atom. The van der Waals surface area contributed by atoms with Crippen LogP contribution >= 0.6 is 0 Å². The monoisotopic (exact) mass is 285 g/mol. The van der Waals surface area contributed by atoms with Gasteiger partial charge in [-0.05, 0) is 24.1 Å². The molecule has 1 rings (SSSR count). The van der Waals surface area contributed by atoms with Crippen molar-refractivity contribution < 1.29 is 13.2 Å². The quantitative estimate of drug-likeness (QED) is 0.802. The van der Waals surface area contributed by atoms with E-state index in [0.717, 1.165) is 16.3 Å². The Balaban J connectivity index is 2.56. The highest BCUT2D eigenvalue weighted by molar-refractivity contribution is 7.87. The highest BCUT2D eigenvalue weighted by Crippen LogP contribution is 2.10. The molecule has 106 valence electrons. The predicted octanol–water partition coefficient (Wildman–Crippen LogP) is 0.583. The third-order valence-corrected chi connectivity index (χ3v) is 3.99. The summed E-state index contributed by atoms with van der Waals surface area (Å²) in [4.78, 5) is 11.6. The molecule has 0 radical (unpaired) electrons. The molecule has 0 aliphatic rings. The number of nitrogens with one attached hydrogen (secondary N) is 2. The fourth-order valence-electron chi connectivity index (χ4n) is 1.36. The minimum atomic E-state index is -3.58. The standard InChI is InChI=1S/C12H19N3O3S/c1-4-10-6-5-7-11(8-10)14-12(16)9-13-19(17,18)15(2)3/h5-8,13H,4,9H2,1-3H3,(H,14,16). The van der Waals surface area contributed by atoms with Crippen LogP contribution in [0.2, 0.25) is 0 Å². The highest BCUT2D eigenvalue weighted by Gasteiger charge is 2.14. The largest absolute Gasteiger partial charge is 0.325 e. The number of anilines is 1. The molecule has 7 heteroatoms. The number of amides is 1. The van der Waals surface area contributed by atoms with E-state index < -0.39 is 16.1 Å². The van der Waals surface area contributed by atoms with Gasteiger partial charge in [0.1, 0.15) is 0 Å². The predicted molar refractivity (Wildman–Crippen MR) is 75.1 cm³/mol. The number of nitrogens with zero attached hydrogens (tertiary/aromatic N) is 1. The summed E-state index contributed by atoms with van der Waals surface area (Å²) < 4.78 is 26.0. The van der Waals surface area contributed by atoms with E-state index in [4.69, 9.17) is 0 Å². The number of hydrogen-bond donors (Lipinski definition) is 2. The second-order valence-corrected chi connectivity index (χ2v) is 6.18. The molecular weight excluding hydrogens is 266 g/mol. The fraction of sp³-hybridized carbons (Fsp3) is 0.417. The first kappa shape index (κ1) is 15.6. The Bertz CT molecular complexity index is 541. The number of hydrogen-bond acceptors (Lipinski definition) is 3. The normalized spacial score (nSPS) is 11.6. The molecule has 0 saturated carbocycles. The Morgan fingerprint density at radius 1 is 1.32 bits per heavy atom. The molecule has 0 aromatic heterocycles. The van der Waals surface area contributed by atoms with Crippen LogP contribution in [0.5, 0.6) is 0 Å². The van der Waals surface area contributed by atoms with Gasteiger partial charge in [-0.1, -0.05) is 19.1 Å². The van der Waals surface area contributed by atoms with Crippen molar-refractivity contribution in [2.24, 2.45) is 0 Å². The summed E-state index contributed by atoms with van der Waals surface area (Å²) in [7, 11) is -0.788. The maximum atomic E-state index is 11.6. The molecule has 19 heavy (non-hydrogen) atoms. The lowest BCUT2D eigenvalue weighted by Gasteiger charge is -2.12. The van der Waals surface area contributed by atoms with Crippen LogP contribution in [-0.4, -0.2) is 39.3 Å². The molecule has 0 spiro atoms. The van der Waals surface area contributed by atoms with Crippen molar-refractivity contribution in [1.82, 2.24) is 9.03 Å². The number of benzene rings is 1. The van der Waals surface area contributed by atoms with E-state index in [1.54, 1.807) is 6.07 Å². The van der Waals surface area contributed by atoms with Crippen LogP contribution in [0.15, 0.2) is 24.3 Å². The van der Waals surface area contributed by atoms with E-state index in [-0.39, 0.29) is 6.54 Å². The number of carbonyl (C=O) groups is 1. The van der Waals surface area contributed by atoms with Crippen LogP contribution in [0.25, 0.3) is 0 Å². The van der Waals surface area contributed by atoms with Gasteiger partial charge >= 0.3 is 0 Å². The highest BCUT2D eigenvalue weighted by atomic mass is 32.2. The van der Waals surface area contributed by atoms with Gasteiger partial charge in [0.25, 0.3) is 10.2 Å². The maximum Gasteiger partial charge on any atom is 0.279 e. The third kappa shape index (κ3) is 4.98. The van der Waals surface area contributed by atoms with Crippen molar-refractivity contribution in [3.63, 3.8) is 0 Å². The van der Waals surface area contributed by atoms with Crippen molar-refractivity contribution in [3.05, 3.63) is 29.8 Å². The number of carbonyl (C=O) groups excluding carboxylic acids is 1. The molecule has 0 atom stereocenters. The van der Waals surface area contributed by atoms with E-state index in [9.17, 15) is 13.2 Å². The van der Waals surface area contributed by atoms with E-state index >= 15 is 0 Å². The van der Waals surface area contributed by atoms with Crippen LogP contribution in [-0.2, 0) is 21.4 Å². The van der Waals surface area contributed by atoms with Crippen LogP contribution in [0.4, 0.5) is 5.69 Å². The average molecular weight is 285 g/mol. The Hall–Kier alpha value is -1.44. The molecule has 0 saturated heterocycles. The van der Waals surface area contributed by atoms with Crippen molar-refractivity contribution in [2.45, 2.75) is 13.3 Å².